The van der Waals surface area contributed by atoms with Crippen molar-refractivity contribution in [2.75, 3.05) is 5.73 Å². The van der Waals surface area contributed by atoms with E-state index in [4.69, 9.17) is 22.1 Å². The van der Waals surface area contributed by atoms with Crippen LogP contribution in [-0.2, 0) is 0 Å². The van der Waals surface area contributed by atoms with Gasteiger partial charge >= 0.3 is 0 Å². The van der Waals surface area contributed by atoms with Crippen LogP contribution in [0.5, 0.6) is 5.75 Å². The molecule has 0 aromatic heterocycles. The summed E-state index contributed by atoms with van der Waals surface area (Å²) in [6, 6.07) is 10.1. The van der Waals surface area contributed by atoms with Crippen LogP contribution in [-0.4, -0.2) is 11.6 Å². The molecule has 0 saturated carbocycles. The molecule has 2 aromatic rings. The van der Waals surface area contributed by atoms with Crippen LogP contribution in [0.3, 0.4) is 0 Å². The topological polar surface area (TPSA) is 69.4 Å². The number of ether oxygens (including phenoxy) is 1. The first-order valence-electron chi connectivity index (χ1n) is 6.30. The Morgan fingerprint density at radius 2 is 1.59 bits per heavy atom. The van der Waals surface area contributed by atoms with Crippen molar-refractivity contribution >= 4 is 28.9 Å². The minimum atomic E-state index is -0.754. The van der Waals surface area contributed by atoms with Crippen molar-refractivity contribution in [1.29, 1.82) is 0 Å². The fourth-order valence-electron chi connectivity index (χ4n) is 2.15. The number of ketones is 2. The first-order chi connectivity index (χ1) is 10.5. The van der Waals surface area contributed by atoms with Gasteiger partial charge in [0.25, 0.3) is 0 Å². The second-order valence-electron chi connectivity index (χ2n) is 4.61. The van der Waals surface area contributed by atoms with Crippen LogP contribution in [0.2, 0.25) is 0 Å². The van der Waals surface area contributed by atoms with Crippen molar-refractivity contribution in [3.63, 3.8) is 0 Å². The number of carbonyl (C=O) groups excluding carboxylic acids is 2. The SMILES string of the molecule is Nc1cccc(F)c1OC1=C(Cl)C(=O)c2ccccc2C1=O. The van der Waals surface area contributed by atoms with E-state index in [0.29, 0.717) is 0 Å². The van der Waals surface area contributed by atoms with Crippen molar-refractivity contribution in [2.24, 2.45) is 0 Å². The average Bonchev–Trinajstić information content (AvgIpc) is 2.52. The van der Waals surface area contributed by atoms with Crippen LogP contribution < -0.4 is 10.5 Å². The van der Waals surface area contributed by atoms with E-state index in [0.717, 1.165) is 6.07 Å². The van der Waals surface area contributed by atoms with Gasteiger partial charge in [-0.3, -0.25) is 9.59 Å². The molecule has 2 N–H and O–H groups in total. The number of carbonyl (C=O) groups is 2. The Morgan fingerprint density at radius 3 is 2.23 bits per heavy atom. The number of hydrogen-bond donors (Lipinski definition) is 1. The molecule has 2 aromatic carbocycles. The van der Waals surface area contributed by atoms with Crippen LogP contribution in [0, 0.1) is 5.82 Å². The van der Waals surface area contributed by atoms with Crippen LogP contribution in [0.25, 0.3) is 0 Å². The molecule has 0 bridgehead atoms. The third kappa shape index (κ3) is 2.16. The van der Waals surface area contributed by atoms with Crippen LogP contribution in [0.1, 0.15) is 20.7 Å². The lowest BCUT2D eigenvalue weighted by Gasteiger charge is -2.18. The zero-order valence-electron chi connectivity index (χ0n) is 11.1. The largest absolute Gasteiger partial charge is 0.446 e. The molecule has 6 heteroatoms. The normalized spacial score (nSPS) is 14.1. The van der Waals surface area contributed by atoms with Gasteiger partial charge in [0.15, 0.2) is 17.3 Å². The summed E-state index contributed by atoms with van der Waals surface area (Å²) >= 11 is 5.93. The maximum absolute atomic E-state index is 13.8. The van der Waals surface area contributed by atoms with Crippen molar-refractivity contribution < 1.29 is 18.7 Å². The van der Waals surface area contributed by atoms with E-state index in [2.05, 4.69) is 0 Å². The predicted molar refractivity (Wildman–Crippen MR) is 79.4 cm³/mol. The maximum Gasteiger partial charge on any atom is 0.230 e. The van der Waals surface area contributed by atoms with Gasteiger partial charge in [-0.1, -0.05) is 41.9 Å². The highest BCUT2D eigenvalue weighted by Gasteiger charge is 2.33. The smallest absolute Gasteiger partial charge is 0.230 e. The molecule has 0 fully saturated rings. The van der Waals surface area contributed by atoms with Gasteiger partial charge in [-0.2, -0.15) is 0 Å². The molecule has 0 saturated heterocycles. The highest BCUT2D eigenvalue weighted by molar-refractivity contribution is 6.49. The number of benzene rings is 2. The fraction of sp³-hybridized carbons (Fsp3) is 0. The molecule has 0 radical (unpaired) electrons. The summed E-state index contributed by atoms with van der Waals surface area (Å²) in [7, 11) is 0. The summed E-state index contributed by atoms with van der Waals surface area (Å²) in [6.07, 6.45) is 0. The number of rotatable bonds is 2. The van der Waals surface area contributed by atoms with E-state index >= 15 is 0 Å². The molecule has 0 aliphatic heterocycles. The second-order valence-corrected chi connectivity index (χ2v) is 4.99. The summed E-state index contributed by atoms with van der Waals surface area (Å²) < 4.78 is 19.0. The Kier molecular flexibility index (Phi) is 3.42. The van der Waals surface area contributed by atoms with Crippen molar-refractivity contribution in [2.45, 2.75) is 0 Å². The fourth-order valence-corrected chi connectivity index (χ4v) is 2.38. The van der Waals surface area contributed by atoms with Gasteiger partial charge in [-0.25, -0.2) is 4.39 Å². The Bertz CT molecular complexity index is 825. The lowest BCUT2D eigenvalue weighted by atomic mass is 9.93. The number of anilines is 1. The molecular formula is C16H9ClFNO3. The Morgan fingerprint density at radius 1 is 0.955 bits per heavy atom. The summed E-state index contributed by atoms with van der Waals surface area (Å²) in [5, 5.41) is -0.397. The van der Waals surface area contributed by atoms with Crippen LogP contribution >= 0.6 is 11.6 Å². The average molecular weight is 318 g/mol. The molecule has 0 heterocycles. The molecule has 0 spiro atoms. The van der Waals surface area contributed by atoms with E-state index in [1.54, 1.807) is 12.1 Å². The number of nitrogen functional groups attached to an aromatic ring is 1. The van der Waals surface area contributed by atoms with E-state index in [-0.39, 0.29) is 22.6 Å². The molecule has 0 amide bonds. The summed E-state index contributed by atoms with van der Waals surface area (Å²) in [5.41, 5.74) is 5.97. The first kappa shape index (κ1) is 14.3. The first-order valence-corrected chi connectivity index (χ1v) is 6.68. The lowest BCUT2D eigenvalue weighted by molar-refractivity contribution is 0.0942. The third-order valence-electron chi connectivity index (χ3n) is 3.22. The van der Waals surface area contributed by atoms with Crippen LogP contribution in [0.4, 0.5) is 10.1 Å². The Hall–Kier alpha value is -2.66. The molecule has 110 valence electrons. The second kappa shape index (κ2) is 5.27. The molecule has 1 aliphatic carbocycles. The van der Waals surface area contributed by atoms with Gasteiger partial charge in [0, 0.05) is 11.1 Å². The lowest BCUT2D eigenvalue weighted by Crippen LogP contribution is -2.23. The molecule has 0 unspecified atom stereocenters. The van der Waals surface area contributed by atoms with E-state index in [1.165, 1.54) is 24.3 Å². The zero-order chi connectivity index (χ0) is 15.9. The standard InChI is InChI=1S/C16H9ClFNO3/c17-12-13(20)8-4-1-2-5-9(8)14(21)16(12)22-15-10(18)6-3-7-11(15)19/h1-7H,19H2. The molecule has 22 heavy (non-hydrogen) atoms. The summed E-state index contributed by atoms with van der Waals surface area (Å²) in [4.78, 5) is 24.6. The number of hydrogen-bond acceptors (Lipinski definition) is 4. The monoisotopic (exact) mass is 317 g/mol. The summed E-state index contributed by atoms with van der Waals surface area (Å²) in [6.45, 7) is 0. The molecule has 1 aliphatic rings. The molecule has 0 atom stereocenters. The third-order valence-corrected chi connectivity index (χ3v) is 3.57. The van der Waals surface area contributed by atoms with Gasteiger partial charge in [0.1, 0.15) is 5.03 Å². The summed E-state index contributed by atoms with van der Waals surface area (Å²) in [5.74, 6) is -2.67. The highest BCUT2D eigenvalue weighted by atomic mass is 35.5. The highest BCUT2D eigenvalue weighted by Crippen LogP contribution is 2.33. The number of para-hydroxylation sites is 1. The van der Waals surface area contributed by atoms with E-state index in [9.17, 15) is 14.0 Å². The maximum atomic E-state index is 13.8. The van der Waals surface area contributed by atoms with E-state index in [1.807, 2.05) is 0 Å². The quantitative estimate of drug-likeness (QED) is 0.863. The zero-order valence-corrected chi connectivity index (χ0v) is 11.9. The Balaban J connectivity index is 2.10. The minimum absolute atomic E-state index is 0.00363. The minimum Gasteiger partial charge on any atom is -0.446 e. The molecule has 4 nitrogen and oxygen atoms in total. The number of allylic oxidation sites excluding steroid dienone is 2. The van der Waals surface area contributed by atoms with E-state index < -0.39 is 28.2 Å². The van der Waals surface area contributed by atoms with Gasteiger partial charge in [0.2, 0.25) is 11.6 Å². The van der Waals surface area contributed by atoms with Crippen molar-refractivity contribution in [3.05, 3.63) is 70.2 Å². The molecule has 3 rings (SSSR count). The van der Waals surface area contributed by atoms with Gasteiger partial charge in [0.05, 0.1) is 5.69 Å². The van der Waals surface area contributed by atoms with Gasteiger partial charge < -0.3 is 10.5 Å². The number of nitrogens with two attached hydrogens (primary N) is 1. The number of fused-ring (bicyclic) bond motifs is 1. The van der Waals surface area contributed by atoms with Crippen molar-refractivity contribution in [3.8, 4) is 5.75 Å². The Labute approximate surface area is 129 Å². The van der Waals surface area contributed by atoms with Crippen LogP contribution in [0.15, 0.2) is 53.3 Å². The van der Waals surface area contributed by atoms with Gasteiger partial charge in [-0.15, -0.1) is 0 Å². The predicted octanol–water partition coefficient (Wildman–Crippen LogP) is 3.32. The van der Waals surface area contributed by atoms with Gasteiger partial charge in [-0.05, 0) is 12.1 Å². The number of halogens is 2. The molecular weight excluding hydrogens is 309 g/mol. The number of Topliss-reactive ketones (excluding diaryl/α,β-unsaturated/α-hetero) is 2. The van der Waals surface area contributed by atoms with Crippen molar-refractivity contribution in [1.82, 2.24) is 0 Å².